The van der Waals surface area contributed by atoms with Gasteiger partial charge < -0.3 is 39.8 Å². The first-order chi connectivity index (χ1) is 35.0. The number of fused-ring (bicyclic) bond motifs is 2. The van der Waals surface area contributed by atoms with Gasteiger partial charge in [0.1, 0.15) is 28.4 Å². The minimum absolute atomic E-state index is 0.111. The first-order valence-corrected chi connectivity index (χ1v) is 24.5. The predicted octanol–water partition coefficient (Wildman–Crippen LogP) is 10.6. The molecule has 2 amide bonds. The molecule has 1 fully saturated rings. The summed E-state index contributed by atoms with van der Waals surface area (Å²) in [7, 11) is 6.42. The fourth-order valence-electron chi connectivity index (χ4n) is 10.7. The smallest absolute Gasteiger partial charge is 0.236 e. The molecule has 0 radical (unpaired) electrons. The average molecular weight is 963 g/mol. The number of carbonyl (C=O) groups excluding carboxylic acids is 2. The molecule has 368 valence electrons. The molecule has 1 aliphatic rings. The Morgan fingerprint density at radius 2 is 0.764 bits per heavy atom. The van der Waals surface area contributed by atoms with Crippen molar-refractivity contribution in [2.45, 2.75) is 68.2 Å². The van der Waals surface area contributed by atoms with E-state index < -0.39 is 40.5 Å². The molecule has 0 unspecified atom stereocenters. The van der Waals surface area contributed by atoms with Crippen LogP contribution in [0.4, 0.5) is 0 Å². The van der Waals surface area contributed by atoms with Crippen LogP contribution in [0.2, 0.25) is 0 Å². The van der Waals surface area contributed by atoms with Crippen molar-refractivity contribution >= 4 is 33.4 Å². The zero-order valence-electron chi connectivity index (χ0n) is 41.3. The highest BCUT2D eigenvalue weighted by Crippen LogP contribution is 2.46. The summed E-state index contributed by atoms with van der Waals surface area (Å²) in [5.41, 5.74) is -0.365. The van der Waals surface area contributed by atoms with Crippen LogP contribution in [-0.2, 0) is 35.3 Å². The van der Waals surface area contributed by atoms with Gasteiger partial charge in [-0.1, -0.05) is 140 Å². The summed E-state index contributed by atoms with van der Waals surface area (Å²) in [6, 6.07) is 55.8. The molecule has 0 spiro atoms. The predicted molar refractivity (Wildman–Crippen MR) is 283 cm³/mol. The highest BCUT2D eigenvalue weighted by Gasteiger charge is 2.54. The van der Waals surface area contributed by atoms with Crippen molar-refractivity contribution in [2.24, 2.45) is 5.41 Å². The minimum Gasteiger partial charge on any atom is -0.497 e. The number of nitrogens with one attached hydrogen (secondary N) is 2. The fourth-order valence-corrected chi connectivity index (χ4v) is 10.7. The van der Waals surface area contributed by atoms with Gasteiger partial charge in [-0.2, -0.15) is 0 Å². The number of carbonyl (C=O) groups is 2. The minimum atomic E-state index is -1.68. The van der Waals surface area contributed by atoms with Gasteiger partial charge in [-0.15, -0.1) is 0 Å². The molecule has 10 heteroatoms. The van der Waals surface area contributed by atoms with E-state index in [2.05, 4.69) is 10.6 Å². The van der Waals surface area contributed by atoms with Crippen molar-refractivity contribution in [2.75, 3.05) is 28.4 Å². The molecule has 8 aromatic carbocycles. The van der Waals surface area contributed by atoms with E-state index in [1.54, 1.807) is 28.4 Å². The molecule has 2 atom stereocenters. The van der Waals surface area contributed by atoms with E-state index in [1.807, 2.05) is 182 Å². The maximum atomic E-state index is 15.8. The third-order valence-electron chi connectivity index (χ3n) is 14.5. The van der Waals surface area contributed by atoms with Crippen LogP contribution < -0.4 is 29.6 Å². The molecule has 0 aromatic heterocycles. The number of hydrogen-bond donors (Lipinski definition) is 4. The summed E-state index contributed by atoms with van der Waals surface area (Å²) in [6.07, 6.45) is 1.57. The third-order valence-corrected chi connectivity index (χ3v) is 14.5. The second-order valence-corrected chi connectivity index (χ2v) is 19.2. The SMILES string of the molecule is COc1cccc(CC(O)(Cc2cccc(OC)c2)[C@@H](NC(=O)C2(C(=O)N[C@@H](c3cccc4ccccc34)C(O)(Cc3cccc(OC)c3)Cc3cccc(OC)c3)CCC2)c2cccc3ccccc23)c1. The zero-order valence-corrected chi connectivity index (χ0v) is 41.3. The molecule has 10 nitrogen and oxygen atoms in total. The summed E-state index contributed by atoms with van der Waals surface area (Å²) in [4.78, 5) is 31.5. The molecule has 72 heavy (non-hydrogen) atoms. The number of hydrogen-bond acceptors (Lipinski definition) is 8. The van der Waals surface area contributed by atoms with Gasteiger partial charge in [0.05, 0.1) is 51.7 Å². The van der Waals surface area contributed by atoms with Crippen LogP contribution in [0.15, 0.2) is 182 Å². The number of ether oxygens (including phenoxy) is 4. The summed E-state index contributed by atoms with van der Waals surface area (Å²) in [5, 5.41) is 37.6. The quantitative estimate of drug-likeness (QED) is 0.0555. The molecular weight excluding hydrogens is 901 g/mol. The Hall–Kier alpha value is -7.66. The van der Waals surface area contributed by atoms with Crippen molar-refractivity contribution in [1.82, 2.24) is 10.6 Å². The molecule has 4 N–H and O–H groups in total. The summed E-state index contributed by atoms with van der Waals surface area (Å²) >= 11 is 0. The van der Waals surface area contributed by atoms with E-state index in [1.165, 1.54) is 0 Å². The van der Waals surface area contributed by atoms with Gasteiger partial charge in [0.15, 0.2) is 0 Å². The summed E-state index contributed by atoms with van der Waals surface area (Å²) in [5.74, 6) is 1.49. The lowest BCUT2D eigenvalue weighted by Crippen LogP contribution is -2.61. The highest BCUT2D eigenvalue weighted by molar-refractivity contribution is 6.06. The Balaban J connectivity index is 1.16. The number of rotatable bonds is 20. The van der Waals surface area contributed by atoms with Crippen LogP contribution in [0.3, 0.4) is 0 Å². The van der Waals surface area contributed by atoms with E-state index in [4.69, 9.17) is 18.9 Å². The molecule has 0 saturated heterocycles. The molecule has 8 aromatic rings. The van der Waals surface area contributed by atoms with Crippen LogP contribution in [0.5, 0.6) is 23.0 Å². The molecular formula is C62H62N2O8. The van der Waals surface area contributed by atoms with E-state index >= 15 is 9.59 Å². The van der Waals surface area contributed by atoms with Crippen molar-refractivity contribution in [3.8, 4) is 23.0 Å². The van der Waals surface area contributed by atoms with Gasteiger partial charge in [-0.25, -0.2) is 0 Å². The second-order valence-electron chi connectivity index (χ2n) is 19.2. The molecule has 9 rings (SSSR count). The number of methoxy groups -OCH3 is 4. The first kappa shape index (κ1) is 49.3. The number of aliphatic hydroxyl groups is 2. The highest BCUT2D eigenvalue weighted by atomic mass is 16.5. The van der Waals surface area contributed by atoms with Crippen molar-refractivity contribution in [1.29, 1.82) is 0 Å². The van der Waals surface area contributed by atoms with Crippen molar-refractivity contribution < 1.29 is 38.7 Å². The Labute approximate surface area is 421 Å². The zero-order chi connectivity index (χ0) is 50.3. The lowest BCUT2D eigenvalue weighted by Gasteiger charge is -2.45. The van der Waals surface area contributed by atoms with Gasteiger partial charge in [0, 0.05) is 25.7 Å². The normalized spacial score (nSPS) is 14.1. The van der Waals surface area contributed by atoms with E-state index in [-0.39, 0.29) is 38.5 Å². The lowest BCUT2D eigenvalue weighted by atomic mass is 9.66. The second kappa shape index (κ2) is 21.4. The Bertz CT molecular complexity index is 2880. The lowest BCUT2D eigenvalue weighted by molar-refractivity contribution is -0.153. The monoisotopic (exact) mass is 962 g/mol. The molecule has 0 heterocycles. The molecule has 0 aliphatic heterocycles. The molecule has 1 saturated carbocycles. The largest absolute Gasteiger partial charge is 0.497 e. The van der Waals surface area contributed by atoms with Gasteiger partial charge >= 0.3 is 0 Å². The van der Waals surface area contributed by atoms with Crippen LogP contribution in [0.1, 0.15) is 64.7 Å². The Morgan fingerprint density at radius 1 is 0.458 bits per heavy atom. The fraction of sp³-hybridized carbons (Fsp3) is 0.258. The first-order valence-electron chi connectivity index (χ1n) is 24.5. The third kappa shape index (κ3) is 10.4. The topological polar surface area (TPSA) is 136 Å². The van der Waals surface area contributed by atoms with Crippen LogP contribution in [0.25, 0.3) is 21.5 Å². The van der Waals surface area contributed by atoms with Gasteiger partial charge in [0.25, 0.3) is 0 Å². The van der Waals surface area contributed by atoms with Crippen molar-refractivity contribution in [3.63, 3.8) is 0 Å². The summed E-state index contributed by atoms with van der Waals surface area (Å²) < 4.78 is 22.5. The van der Waals surface area contributed by atoms with Gasteiger partial charge in [0.2, 0.25) is 11.8 Å². The van der Waals surface area contributed by atoms with Crippen molar-refractivity contribution in [3.05, 3.63) is 215 Å². The maximum absolute atomic E-state index is 15.8. The molecule has 1 aliphatic carbocycles. The number of amides is 2. The standard InChI is InChI=1S/C62H62N2O8/c1-69-48-24-9-16-42(34-48)38-61(67,39-43-17-10-25-49(35-43)70-2)56(54-30-13-22-46-20-5-7-28-52(46)54)63-58(65)60(32-15-33-60)59(66)64-57(55-31-14-23-47-21-6-8-29-53(47)55)62(68,40-44-18-11-26-50(36-44)71-3)41-45-19-12-27-51(37-45)72-4/h5-14,16-31,34-37,56-57,67-68H,15,32-33,38-41H2,1-4H3,(H,63,65)(H,64,66)/t56-,57-/m0/s1. The van der Waals surface area contributed by atoms with E-state index in [0.29, 0.717) is 40.5 Å². The van der Waals surface area contributed by atoms with Crippen LogP contribution in [-0.4, -0.2) is 61.7 Å². The van der Waals surface area contributed by atoms with Crippen LogP contribution >= 0.6 is 0 Å². The summed E-state index contributed by atoms with van der Waals surface area (Å²) in [6.45, 7) is 0. The molecule has 0 bridgehead atoms. The van der Waals surface area contributed by atoms with Crippen LogP contribution in [0, 0.1) is 5.41 Å². The van der Waals surface area contributed by atoms with E-state index in [9.17, 15) is 10.2 Å². The Kier molecular flexibility index (Phi) is 14.6. The average Bonchev–Trinajstić information content (AvgIpc) is 3.39. The van der Waals surface area contributed by atoms with E-state index in [0.717, 1.165) is 43.8 Å². The Morgan fingerprint density at radius 3 is 1.07 bits per heavy atom. The van der Waals surface area contributed by atoms with Gasteiger partial charge in [-0.3, -0.25) is 9.59 Å². The maximum Gasteiger partial charge on any atom is 0.236 e. The van der Waals surface area contributed by atoms with Gasteiger partial charge in [-0.05, 0) is 116 Å². The number of benzene rings is 8.